The zero-order valence-electron chi connectivity index (χ0n) is 58.9. The Kier molecular flexibility index (Phi) is 31.4. The SMILES string of the molecule is Clc1ncncc1Br.N[C@@H](CCN(CCCCc1ccc2c(n1)NCCC2)C1CC(F)(F)C1)C(=O)O.O=C(O)[C@H](CCN(CCCCc1ccc2c(n1)NCCC2)C1CC(F)(F)C1)Cc1ccncn1.O=C(O)[C@H](CCN(CCCCc1ccc2c(n1)NCCC2)C1CC(F)(F)C1)Nc1ncncc1Br. The van der Waals surface area contributed by atoms with Crippen molar-refractivity contribution in [2.24, 2.45) is 11.7 Å². The number of aryl methyl sites for hydroxylation is 6. The Morgan fingerprint density at radius 2 is 0.943 bits per heavy atom. The lowest BCUT2D eigenvalue weighted by atomic mass is 9.86. The van der Waals surface area contributed by atoms with E-state index in [0.717, 1.165) is 155 Å². The first-order valence-electron chi connectivity index (χ1n) is 36.4. The topological polar surface area (TPSA) is 312 Å². The zero-order chi connectivity index (χ0) is 74.9. The lowest BCUT2D eigenvalue weighted by Gasteiger charge is -2.43. The minimum absolute atomic E-state index is 0.144. The number of nitrogens with two attached hydrogens (primary N) is 1. The van der Waals surface area contributed by atoms with Crippen molar-refractivity contribution in [1.29, 1.82) is 0 Å². The quantitative estimate of drug-likeness (QED) is 0.0106. The third-order valence-electron chi connectivity index (χ3n) is 19.9. The van der Waals surface area contributed by atoms with Gasteiger partial charge in [0, 0.05) is 137 Å². The highest BCUT2D eigenvalue weighted by atomic mass is 79.9. The molecule has 23 nitrogen and oxygen atoms in total. The molecule has 3 aliphatic carbocycles. The van der Waals surface area contributed by atoms with Crippen molar-refractivity contribution in [3.05, 3.63) is 134 Å². The molecule has 105 heavy (non-hydrogen) atoms. The van der Waals surface area contributed by atoms with Crippen LogP contribution in [0.3, 0.4) is 0 Å². The van der Waals surface area contributed by atoms with Crippen molar-refractivity contribution < 1.29 is 56.0 Å². The maximum atomic E-state index is 13.6. The largest absolute Gasteiger partial charge is 0.481 e. The van der Waals surface area contributed by atoms with Gasteiger partial charge in [-0.1, -0.05) is 29.8 Å². The molecule has 6 aromatic heterocycles. The summed E-state index contributed by atoms with van der Waals surface area (Å²) in [6.07, 6.45) is 23.5. The number of nitrogens with zero attached hydrogens (tertiary/aromatic N) is 12. The molecule has 9 N–H and O–H groups in total. The smallest absolute Gasteiger partial charge is 0.326 e. The van der Waals surface area contributed by atoms with Crippen LogP contribution < -0.4 is 27.0 Å². The number of unbranched alkanes of at least 4 members (excludes halogenated alkanes) is 3. The second-order valence-corrected chi connectivity index (χ2v) is 30.0. The summed E-state index contributed by atoms with van der Waals surface area (Å²) in [5, 5.41) is 41.7. The van der Waals surface area contributed by atoms with Crippen molar-refractivity contribution in [2.45, 2.75) is 208 Å². The van der Waals surface area contributed by atoms with Gasteiger partial charge in [-0.25, -0.2) is 76.0 Å². The fourth-order valence-corrected chi connectivity index (χ4v) is 14.3. The zero-order valence-corrected chi connectivity index (χ0v) is 62.9. The number of alkyl halides is 6. The first-order valence-corrected chi connectivity index (χ1v) is 38.4. The number of halogens is 9. The summed E-state index contributed by atoms with van der Waals surface area (Å²) in [6, 6.07) is 11.9. The lowest BCUT2D eigenvalue weighted by Crippen LogP contribution is -2.52. The standard InChI is InChI=1S/C25H33F2N5O2.C24H31BrF2N6O2.C20H30F2N4O2.C4H2BrClN2/c26-25(27)15-22(16-25)32(13-9-19(24(33)34)14-21-8-11-28-17-30-21)12-2-1-5-20-7-6-18-4-3-10-29-23(18)31-20;25-19-14-28-15-30-22(19)32-20(23(34)35)8-11-33(18-12-24(26,27)13-18)10-2-1-5-17-7-6-16-4-3-9-29-21(16)31-17;21-20(22)12-16(13-20)26(11-8-17(23)19(27)28)10-2-1-5-15-7-6-14-4-3-9-24-18(14)25-15;5-3-1-7-2-8-4(3)6/h6-8,11,17,19,22H,1-5,9-10,12-16H2,(H,29,31)(H,33,34);6-7,14-15,18,20H,1-5,8-13H2,(H,29,31)(H,34,35)(H,28,30,32);6-7,16-17H,1-5,8-13,23H2,(H,24,25)(H,27,28);1-2H/t19-;20-;17-;/m100./s1. The molecule has 3 aliphatic heterocycles. The summed E-state index contributed by atoms with van der Waals surface area (Å²) in [7, 11) is 0. The molecule has 0 unspecified atom stereocenters. The molecular formula is C73H96Br2ClF6N17O6. The first-order chi connectivity index (χ1) is 50.3. The maximum Gasteiger partial charge on any atom is 0.326 e. The van der Waals surface area contributed by atoms with Gasteiger partial charge in [-0.2, -0.15) is 0 Å². The van der Waals surface area contributed by atoms with Gasteiger partial charge in [-0.05, 0) is 215 Å². The monoisotopic (exact) mass is 1610 g/mol. The van der Waals surface area contributed by atoms with Gasteiger partial charge in [0.15, 0.2) is 0 Å². The Bertz CT molecular complexity index is 3720. The summed E-state index contributed by atoms with van der Waals surface area (Å²) in [5.74, 6) is -8.01. The van der Waals surface area contributed by atoms with Gasteiger partial charge in [-0.3, -0.25) is 24.3 Å². The number of hydrogen-bond donors (Lipinski definition) is 8. The summed E-state index contributed by atoms with van der Waals surface area (Å²) in [6.45, 7) is 6.22. The third-order valence-corrected chi connectivity index (χ3v) is 21.5. The Hall–Kier alpha value is -7.03. The molecule has 572 valence electrons. The van der Waals surface area contributed by atoms with E-state index in [4.69, 9.17) is 32.4 Å². The number of pyridine rings is 3. The highest BCUT2D eigenvalue weighted by Crippen LogP contribution is 2.43. The maximum absolute atomic E-state index is 13.6. The Balaban J connectivity index is 0.000000174. The Labute approximate surface area is 630 Å². The lowest BCUT2D eigenvalue weighted by molar-refractivity contribution is -0.143. The van der Waals surface area contributed by atoms with Gasteiger partial charge in [0.25, 0.3) is 17.8 Å². The normalized spacial score (nSPS) is 17.7. The van der Waals surface area contributed by atoms with Gasteiger partial charge in [-0.15, -0.1) is 0 Å². The van der Waals surface area contributed by atoms with Crippen molar-refractivity contribution in [3.63, 3.8) is 0 Å². The summed E-state index contributed by atoms with van der Waals surface area (Å²) >= 11 is 12.0. The van der Waals surface area contributed by atoms with Crippen LogP contribution in [0.4, 0.5) is 49.6 Å². The average molecular weight is 1620 g/mol. The van der Waals surface area contributed by atoms with E-state index in [2.05, 4.69) is 129 Å². The molecule has 3 atom stereocenters. The number of carboxylic acid groups (broad SMARTS) is 3. The van der Waals surface area contributed by atoms with E-state index in [1.54, 1.807) is 18.5 Å². The Morgan fingerprint density at radius 1 is 0.524 bits per heavy atom. The fraction of sp³-hybridized carbons (Fsp3) is 0.589. The van der Waals surface area contributed by atoms with E-state index in [1.165, 1.54) is 41.9 Å². The molecule has 3 saturated carbocycles. The van der Waals surface area contributed by atoms with Crippen LogP contribution in [-0.4, -0.2) is 200 Å². The number of aliphatic carboxylic acids is 3. The van der Waals surface area contributed by atoms with Gasteiger partial charge in [0.05, 0.1) is 14.9 Å². The third kappa shape index (κ3) is 26.7. The molecule has 0 amide bonds. The van der Waals surface area contributed by atoms with Crippen LogP contribution in [0.15, 0.2) is 89.0 Å². The van der Waals surface area contributed by atoms with Crippen LogP contribution in [0.25, 0.3) is 0 Å². The van der Waals surface area contributed by atoms with Crippen LogP contribution in [0.5, 0.6) is 0 Å². The average Bonchev–Trinajstić information content (AvgIpc) is 0.812. The molecular weight excluding hydrogens is 1520 g/mol. The van der Waals surface area contributed by atoms with E-state index in [9.17, 15) is 50.9 Å². The fourth-order valence-electron chi connectivity index (χ4n) is 13.7. The number of anilines is 4. The van der Waals surface area contributed by atoms with Crippen LogP contribution in [-0.2, 0) is 59.3 Å². The predicted octanol–water partition coefficient (Wildman–Crippen LogP) is 12.9. The minimum atomic E-state index is -2.63. The number of nitrogens with one attached hydrogen (secondary N) is 4. The minimum Gasteiger partial charge on any atom is -0.481 e. The highest BCUT2D eigenvalue weighted by molar-refractivity contribution is 9.11. The first kappa shape index (κ1) is 82.0. The second kappa shape index (κ2) is 40.2. The predicted molar refractivity (Wildman–Crippen MR) is 396 cm³/mol. The molecule has 9 heterocycles. The van der Waals surface area contributed by atoms with E-state index in [-0.39, 0.29) is 69.5 Å². The van der Waals surface area contributed by atoms with Crippen molar-refractivity contribution in [1.82, 2.24) is 59.6 Å². The molecule has 32 heteroatoms. The van der Waals surface area contributed by atoms with E-state index < -0.39 is 53.7 Å². The summed E-state index contributed by atoms with van der Waals surface area (Å²) in [5.41, 5.74) is 13.2. The molecule has 0 bridgehead atoms. The van der Waals surface area contributed by atoms with Crippen LogP contribution in [0.2, 0.25) is 5.15 Å². The van der Waals surface area contributed by atoms with Gasteiger partial charge >= 0.3 is 17.9 Å². The van der Waals surface area contributed by atoms with Gasteiger partial charge < -0.3 is 42.3 Å². The second-order valence-electron chi connectivity index (χ2n) is 27.9. The molecule has 0 aromatic carbocycles. The number of hydrogen-bond acceptors (Lipinski definition) is 20. The molecule has 6 aliphatic rings. The molecule has 0 saturated heterocycles. The molecule has 12 rings (SSSR count). The number of fused-ring (bicyclic) bond motifs is 3. The van der Waals surface area contributed by atoms with Crippen molar-refractivity contribution >= 4 is 84.6 Å². The molecule has 0 radical (unpaired) electrons. The van der Waals surface area contributed by atoms with Crippen LogP contribution in [0, 0.1) is 5.92 Å². The van der Waals surface area contributed by atoms with Gasteiger partial charge in [0.1, 0.15) is 59.5 Å². The van der Waals surface area contributed by atoms with Crippen molar-refractivity contribution in [3.8, 4) is 0 Å². The molecule has 3 fully saturated rings. The van der Waals surface area contributed by atoms with E-state index in [0.29, 0.717) is 73.2 Å². The number of aromatic nitrogens is 9. The van der Waals surface area contributed by atoms with E-state index >= 15 is 0 Å². The van der Waals surface area contributed by atoms with E-state index in [1.807, 2.05) is 9.80 Å². The summed E-state index contributed by atoms with van der Waals surface area (Å²) in [4.78, 5) is 78.1. The van der Waals surface area contributed by atoms with Crippen LogP contribution >= 0.6 is 43.5 Å². The number of carboxylic acids is 3. The Morgan fingerprint density at radius 3 is 1.31 bits per heavy atom. The number of rotatable bonds is 34. The highest BCUT2D eigenvalue weighted by Gasteiger charge is 2.50. The van der Waals surface area contributed by atoms with Crippen LogP contribution in [0.1, 0.15) is 155 Å². The molecule has 6 aromatic rings. The van der Waals surface area contributed by atoms with Gasteiger partial charge in [0.2, 0.25) is 0 Å². The number of carbonyl (C=O) groups is 3. The summed E-state index contributed by atoms with van der Waals surface area (Å²) < 4.78 is 82.1. The van der Waals surface area contributed by atoms with Crippen molar-refractivity contribution in [2.75, 3.05) is 80.2 Å². The molecule has 0 spiro atoms.